The number of hydrogen-bond acceptors (Lipinski definition) is 5. The van der Waals surface area contributed by atoms with Crippen LogP contribution in [0.2, 0.25) is 0 Å². The molecule has 0 saturated heterocycles. The summed E-state index contributed by atoms with van der Waals surface area (Å²) in [7, 11) is 3.24. The number of fused-ring (bicyclic) bond motifs is 1. The highest BCUT2D eigenvalue weighted by Crippen LogP contribution is 2.32. The molecular formula is C14H12N2O2S. The molecule has 0 aliphatic rings. The highest BCUT2D eigenvalue weighted by Gasteiger charge is 2.12. The first kappa shape index (κ1) is 11.9. The van der Waals surface area contributed by atoms with Crippen molar-refractivity contribution in [2.24, 2.45) is 0 Å². The van der Waals surface area contributed by atoms with Gasteiger partial charge in [-0.15, -0.1) is 11.3 Å². The Bertz CT molecular complexity index is 711. The second-order valence-electron chi connectivity index (χ2n) is 3.91. The van der Waals surface area contributed by atoms with Gasteiger partial charge in [-0.2, -0.15) is 0 Å². The van der Waals surface area contributed by atoms with Crippen molar-refractivity contribution in [1.29, 1.82) is 0 Å². The zero-order valence-electron chi connectivity index (χ0n) is 10.6. The van der Waals surface area contributed by atoms with Crippen molar-refractivity contribution >= 4 is 22.4 Å². The second kappa shape index (κ2) is 4.85. The monoisotopic (exact) mass is 272 g/mol. The van der Waals surface area contributed by atoms with Crippen LogP contribution in [0.5, 0.6) is 11.6 Å². The summed E-state index contributed by atoms with van der Waals surface area (Å²) in [5, 5.41) is 2.01. The molecule has 3 aromatic rings. The van der Waals surface area contributed by atoms with Gasteiger partial charge in [0.05, 0.1) is 30.1 Å². The van der Waals surface area contributed by atoms with Crippen molar-refractivity contribution < 1.29 is 9.47 Å². The van der Waals surface area contributed by atoms with Gasteiger partial charge in [0.15, 0.2) is 0 Å². The molecule has 0 spiro atoms. The minimum atomic E-state index is 0.531. The first-order valence-corrected chi connectivity index (χ1v) is 6.63. The molecule has 0 amide bonds. The quantitative estimate of drug-likeness (QED) is 0.733. The van der Waals surface area contributed by atoms with Gasteiger partial charge >= 0.3 is 0 Å². The molecule has 0 aliphatic heterocycles. The Morgan fingerprint density at radius 2 is 1.89 bits per heavy atom. The maximum absolute atomic E-state index is 5.34. The number of aromatic nitrogens is 2. The summed E-state index contributed by atoms with van der Waals surface area (Å²) in [5.41, 5.74) is 2.36. The van der Waals surface area contributed by atoms with Crippen LogP contribution in [0, 0.1) is 0 Å². The minimum absolute atomic E-state index is 0.531. The Morgan fingerprint density at radius 1 is 1.00 bits per heavy atom. The zero-order valence-corrected chi connectivity index (χ0v) is 11.4. The molecule has 0 N–H and O–H groups in total. The SMILES string of the molecule is COc1ccc2nc(-c3cccs3)c(OC)nc2c1. The van der Waals surface area contributed by atoms with Gasteiger partial charge in [-0.3, -0.25) is 0 Å². The number of hydrogen-bond donors (Lipinski definition) is 0. The molecule has 3 rings (SSSR count). The van der Waals surface area contributed by atoms with E-state index in [1.165, 1.54) is 0 Å². The Kier molecular flexibility index (Phi) is 3.05. The first-order valence-electron chi connectivity index (χ1n) is 5.75. The Hall–Kier alpha value is -2.14. The summed E-state index contributed by atoms with van der Waals surface area (Å²) in [4.78, 5) is 10.2. The predicted molar refractivity (Wildman–Crippen MR) is 76.0 cm³/mol. The molecular weight excluding hydrogens is 260 g/mol. The van der Waals surface area contributed by atoms with Gasteiger partial charge in [0.2, 0.25) is 5.88 Å². The van der Waals surface area contributed by atoms with Crippen LogP contribution in [-0.2, 0) is 0 Å². The summed E-state index contributed by atoms with van der Waals surface area (Å²) < 4.78 is 10.5. The molecule has 0 aliphatic carbocycles. The Morgan fingerprint density at radius 3 is 2.58 bits per heavy atom. The van der Waals surface area contributed by atoms with Crippen LogP contribution in [0.25, 0.3) is 21.6 Å². The van der Waals surface area contributed by atoms with Gasteiger partial charge in [0.25, 0.3) is 0 Å². The van der Waals surface area contributed by atoms with E-state index in [4.69, 9.17) is 9.47 Å². The Balaban J connectivity index is 2.23. The van der Waals surface area contributed by atoms with E-state index in [0.717, 1.165) is 27.4 Å². The van der Waals surface area contributed by atoms with Gasteiger partial charge < -0.3 is 9.47 Å². The van der Waals surface area contributed by atoms with Crippen LogP contribution < -0.4 is 9.47 Å². The molecule has 0 fully saturated rings. The average molecular weight is 272 g/mol. The van der Waals surface area contributed by atoms with Gasteiger partial charge in [0, 0.05) is 6.07 Å². The fraction of sp³-hybridized carbons (Fsp3) is 0.143. The predicted octanol–water partition coefficient (Wildman–Crippen LogP) is 3.38. The van der Waals surface area contributed by atoms with Gasteiger partial charge in [-0.25, -0.2) is 9.97 Å². The number of nitrogens with zero attached hydrogens (tertiary/aromatic N) is 2. The minimum Gasteiger partial charge on any atom is -0.497 e. The van der Waals surface area contributed by atoms with Crippen LogP contribution in [0.1, 0.15) is 0 Å². The second-order valence-corrected chi connectivity index (χ2v) is 4.86. The third-order valence-electron chi connectivity index (χ3n) is 2.79. The Labute approximate surface area is 114 Å². The van der Waals surface area contributed by atoms with Crippen molar-refractivity contribution in [3.05, 3.63) is 35.7 Å². The molecule has 0 bridgehead atoms. The molecule has 2 aromatic heterocycles. The van der Waals surface area contributed by atoms with E-state index in [1.807, 2.05) is 35.7 Å². The molecule has 5 heteroatoms. The van der Waals surface area contributed by atoms with E-state index in [0.29, 0.717) is 5.88 Å². The third-order valence-corrected chi connectivity index (χ3v) is 3.66. The molecule has 0 saturated carbocycles. The molecule has 96 valence electrons. The zero-order chi connectivity index (χ0) is 13.2. The molecule has 0 unspecified atom stereocenters. The lowest BCUT2D eigenvalue weighted by molar-refractivity contribution is 0.399. The number of ether oxygens (including phenoxy) is 2. The van der Waals surface area contributed by atoms with Crippen molar-refractivity contribution in [1.82, 2.24) is 9.97 Å². The van der Waals surface area contributed by atoms with Crippen molar-refractivity contribution in [2.45, 2.75) is 0 Å². The number of methoxy groups -OCH3 is 2. The topological polar surface area (TPSA) is 44.2 Å². The summed E-state index contributed by atoms with van der Waals surface area (Å²) in [6.45, 7) is 0. The summed E-state index contributed by atoms with van der Waals surface area (Å²) >= 11 is 1.61. The van der Waals surface area contributed by atoms with E-state index >= 15 is 0 Å². The van der Waals surface area contributed by atoms with Gasteiger partial charge in [-0.1, -0.05) is 6.07 Å². The highest BCUT2D eigenvalue weighted by molar-refractivity contribution is 7.13. The summed E-state index contributed by atoms with van der Waals surface area (Å²) in [6.07, 6.45) is 0. The van der Waals surface area contributed by atoms with Gasteiger partial charge in [-0.05, 0) is 23.6 Å². The van der Waals surface area contributed by atoms with Crippen molar-refractivity contribution in [2.75, 3.05) is 14.2 Å². The average Bonchev–Trinajstić information content (AvgIpc) is 2.99. The molecule has 1 aromatic carbocycles. The van der Waals surface area contributed by atoms with E-state index in [2.05, 4.69) is 9.97 Å². The van der Waals surface area contributed by atoms with Crippen molar-refractivity contribution in [3.8, 4) is 22.2 Å². The standard InChI is InChI=1S/C14H12N2O2S/c1-17-9-5-6-10-11(8-9)16-14(18-2)13(15-10)12-4-3-7-19-12/h3-8H,1-2H3. The molecule has 0 atom stereocenters. The van der Waals surface area contributed by atoms with E-state index in [1.54, 1.807) is 25.6 Å². The third kappa shape index (κ3) is 2.13. The highest BCUT2D eigenvalue weighted by atomic mass is 32.1. The molecule has 0 radical (unpaired) electrons. The number of rotatable bonds is 3. The fourth-order valence-corrected chi connectivity index (χ4v) is 2.57. The van der Waals surface area contributed by atoms with Gasteiger partial charge in [0.1, 0.15) is 11.4 Å². The van der Waals surface area contributed by atoms with Crippen LogP contribution in [0.3, 0.4) is 0 Å². The number of thiophene rings is 1. The molecule has 2 heterocycles. The summed E-state index contributed by atoms with van der Waals surface area (Å²) in [5.74, 6) is 1.29. The van der Waals surface area contributed by atoms with Crippen LogP contribution >= 0.6 is 11.3 Å². The van der Waals surface area contributed by atoms with E-state index in [-0.39, 0.29) is 0 Å². The van der Waals surface area contributed by atoms with Crippen LogP contribution in [0.4, 0.5) is 0 Å². The number of benzene rings is 1. The maximum Gasteiger partial charge on any atom is 0.241 e. The maximum atomic E-state index is 5.34. The van der Waals surface area contributed by atoms with Crippen LogP contribution in [0.15, 0.2) is 35.7 Å². The first-order chi connectivity index (χ1) is 9.31. The lowest BCUT2D eigenvalue weighted by Crippen LogP contribution is -1.95. The van der Waals surface area contributed by atoms with Crippen molar-refractivity contribution in [3.63, 3.8) is 0 Å². The normalized spacial score (nSPS) is 10.6. The van der Waals surface area contributed by atoms with E-state index in [9.17, 15) is 0 Å². The largest absolute Gasteiger partial charge is 0.497 e. The summed E-state index contributed by atoms with van der Waals surface area (Å²) in [6, 6.07) is 9.62. The van der Waals surface area contributed by atoms with Crippen LogP contribution in [-0.4, -0.2) is 24.2 Å². The lowest BCUT2D eigenvalue weighted by Gasteiger charge is -2.08. The fourth-order valence-electron chi connectivity index (χ4n) is 1.86. The lowest BCUT2D eigenvalue weighted by atomic mass is 10.2. The van der Waals surface area contributed by atoms with E-state index < -0.39 is 0 Å². The molecule has 19 heavy (non-hydrogen) atoms. The molecule has 4 nitrogen and oxygen atoms in total. The smallest absolute Gasteiger partial charge is 0.241 e.